The summed E-state index contributed by atoms with van der Waals surface area (Å²) < 4.78 is 19.5. The van der Waals surface area contributed by atoms with Gasteiger partial charge in [0.2, 0.25) is 5.91 Å². The summed E-state index contributed by atoms with van der Waals surface area (Å²) >= 11 is 0. The number of nitrogens with zero attached hydrogens (tertiary/aromatic N) is 1. The van der Waals surface area contributed by atoms with Gasteiger partial charge in [0.05, 0.1) is 18.7 Å². The van der Waals surface area contributed by atoms with Crippen molar-refractivity contribution in [3.63, 3.8) is 0 Å². The van der Waals surface area contributed by atoms with E-state index in [1.807, 2.05) is 30.3 Å². The Morgan fingerprint density at radius 1 is 1.03 bits per heavy atom. The van der Waals surface area contributed by atoms with Crippen LogP contribution in [0.3, 0.4) is 0 Å². The zero-order valence-electron chi connectivity index (χ0n) is 22.1. The average Bonchev–Trinajstić information content (AvgIpc) is 3.39. The van der Waals surface area contributed by atoms with Gasteiger partial charge in [0.25, 0.3) is 0 Å². The number of Topliss-reactive ketones (excluding diaryl/α,β-unsaturated/α-hetero) is 1. The average molecular weight is 508 g/mol. The summed E-state index contributed by atoms with van der Waals surface area (Å²) in [7, 11) is 1.24. The molecule has 37 heavy (non-hydrogen) atoms. The summed E-state index contributed by atoms with van der Waals surface area (Å²) in [5.74, 6) is -0.187. The molecule has 198 valence electrons. The van der Waals surface area contributed by atoms with Crippen molar-refractivity contribution >= 4 is 17.7 Å². The molecule has 0 radical (unpaired) electrons. The number of esters is 1. The number of hydrogen-bond donors (Lipinski definition) is 0. The predicted octanol–water partition coefficient (Wildman–Crippen LogP) is 5.96. The lowest BCUT2D eigenvalue weighted by atomic mass is 9.75. The van der Waals surface area contributed by atoms with Gasteiger partial charge in [0.1, 0.15) is 5.82 Å². The van der Waals surface area contributed by atoms with E-state index in [9.17, 15) is 18.8 Å². The fraction of sp³-hybridized carbons (Fsp3) is 0.516. The van der Waals surface area contributed by atoms with Crippen molar-refractivity contribution < 1.29 is 23.5 Å². The van der Waals surface area contributed by atoms with Crippen molar-refractivity contribution in [3.8, 4) is 0 Å². The van der Waals surface area contributed by atoms with Gasteiger partial charge in [-0.3, -0.25) is 9.59 Å². The number of methoxy groups -OCH3 is 1. The highest BCUT2D eigenvalue weighted by Gasteiger charge is 2.44. The number of rotatable bonds is 8. The molecule has 2 aromatic rings. The summed E-state index contributed by atoms with van der Waals surface area (Å²) in [4.78, 5) is 41.0. The molecule has 5 nitrogen and oxygen atoms in total. The third-order valence-corrected chi connectivity index (χ3v) is 8.65. The third-order valence-electron chi connectivity index (χ3n) is 8.65. The van der Waals surface area contributed by atoms with Crippen molar-refractivity contribution in [2.45, 2.75) is 70.8 Å². The molecule has 2 aromatic carbocycles. The fourth-order valence-electron chi connectivity index (χ4n) is 6.22. The number of ether oxygens (including phenoxy) is 1. The molecule has 1 amide bonds. The maximum atomic E-state index is 14.9. The van der Waals surface area contributed by atoms with Crippen LogP contribution < -0.4 is 0 Å². The zero-order chi connectivity index (χ0) is 26.5. The summed E-state index contributed by atoms with van der Waals surface area (Å²) in [6.45, 7) is 5.05. The second-order valence-corrected chi connectivity index (χ2v) is 10.7. The number of carbonyl (C=O) groups excluding carboxylic acids is 3. The molecule has 0 bridgehead atoms. The number of halogens is 1. The molecule has 1 heterocycles. The molecule has 0 spiro atoms. The largest absolute Gasteiger partial charge is 0.465 e. The van der Waals surface area contributed by atoms with Crippen LogP contribution in [0, 0.1) is 23.6 Å². The molecule has 0 N–H and O–H groups in total. The molecule has 2 aliphatic rings. The second kappa shape index (κ2) is 12.0. The Labute approximate surface area is 219 Å². The van der Waals surface area contributed by atoms with E-state index in [0.717, 1.165) is 43.7 Å². The smallest absolute Gasteiger partial charge is 0.337 e. The normalized spacial score (nSPS) is 24.5. The maximum Gasteiger partial charge on any atom is 0.337 e. The Balaban J connectivity index is 1.55. The molecule has 2 fully saturated rings. The third kappa shape index (κ3) is 5.94. The standard InChI is InChI=1S/C31H38FNO4/c1-4-20(2)21-10-12-23(13-11-21)30(35)33-17-16-26(22-8-6-5-7-9-22)29(33)28(34)19-24-14-15-25(18-27(24)32)31(36)37-3/h5-9,14-15,18,20-21,23,26,29H,4,10-13,16-17,19H2,1-3H3/t20?,21?,23?,26-,29+/m1/s1. The maximum absolute atomic E-state index is 14.9. The lowest BCUT2D eigenvalue weighted by Gasteiger charge is -2.35. The Bertz CT molecular complexity index is 1110. The monoisotopic (exact) mass is 507 g/mol. The number of carbonyl (C=O) groups is 3. The van der Waals surface area contributed by atoms with Crippen molar-refractivity contribution in [3.05, 3.63) is 71.0 Å². The Morgan fingerprint density at radius 2 is 1.73 bits per heavy atom. The predicted molar refractivity (Wildman–Crippen MR) is 141 cm³/mol. The van der Waals surface area contributed by atoms with E-state index in [2.05, 4.69) is 18.6 Å². The first-order valence-corrected chi connectivity index (χ1v) is 13.6. The van der Waals surface area contributed by atoms with E-state index in [1.165, 1.54) is 19.2 Å². The highest BCUT2D eigenvalue weighted by atomic mass is 19.1. The van der Waals surface area contributed by atoms with Crippen molar-refractivity contribution in [1.29, 1.82) is 0 Å². The quantitative estimate of drug-likeness (QED) is 0.414. The molecule has 1 saturated heterocycles. The van der Waals surface area contributed by atoms with Gasteiger partial charge in [-0.05, 0) is 67.2 Å². The van der Waals surface area contributed by atoms with E-state index >= 15 is 0 Å². The van der Waals surface area contributed by atoms with Gasteiger partial charge in [0, 0.05) is 24.8 Å². The van der Waals surface area contributed by atoms with Crippen LogP contribution in [-0.4, -0.2) is 42.3 Å². The van der Waals surface area contributed by atoms with Crippen LogP contribution in [0.15, 0.2) is 48.5 Å². The van der Waals surface area contributed by atoms with Crippen LogP contribution in [0.2, 0.25) is 0 Å². The number of amides is 1. The summed E-state index contributed by atoms with van der Waals surface area (Å²) in [6.07, 6.45) is 5.57. The number of ketones is 1. The molecule has 1 unspecified atom stereocenters. The van der Waals surface area contributed by atoms with Crippen LogP contribution in [0.5, 0.6) is 0 Å². The van der Waals surface area contributed by atoms with Gasteiger partial charge in [-0.2, -0.15) is 0 Å². The van der Waals surface area contributed by atoms with Gasteiger partial charge >= 0.3 is 5.97 Å². The number of hydrogen-bond acceptors (Lipinski definition) is 4. The molecule has 1 aliphatic carbocycles. The van der Waals surface area contributed by atoms with Crippen molar-refractivity contribution in [1.82, 2.24) is 4.90 Å². The van der Waals surface area contributed by atoms with Crippen LogP contribution in [-0.2, 0) is 20.7 Å². The van der Waals surface area contributed by atoms with Gasteiger partial charge < -0.3 is 9.64 Å². The SMILES string of the molecule is CCC(C)C1CCC(C(=O)N2CC[C@H](c3ccccc3)[C@H]2C(=O)Cc2ccc(C(=O)OC)cc2F)CC1. The molecule has 1 saturated carbocycles. The van der Waals surface area contributed by atoms with Crippen LogP contribution in [0.4, 0.5) is 4.39 Å². The summed E-state index contributed by atoms with van der Waals surface area (Å²) in [6, 6.07) is 13.3. The van der Waals surface area contributed by atoms with E-state index in [4.69, 9.17) is 0 Å². The molecular weight excluding hydrogens is 469 g/mol. The molecule has 0 aromatic heterocycles. The van der Waals surface area contributed by atoms with Crippen LogP contribution in [0.1, 0.15) is 79.8 Å². The Hall–Kier alpha value is -3.02. The fourth-order valence-corrected chi connectivity index (χ4v) is 6.22. The van der Waals surface area contributed by atoms with E-state index in [1.54, 1.807) is 4.90 Å². The van der Waals surface area contributed by atoms with Crippen molar-refractivity contribution in [2.75, 3.05) is 13.7 Å². The molecule has 6 heteroatoms. The van der Waals surface area contributed by atoms with Crippen LogP contribution >= 0.6 is 0 Å². The van der Waals surface area contributed by atoms with E-state index < -0.39 is 17.8 Å². The van der Waals surface area contributed by atoms with Gasteiger partial charge in [-0.25, -0.2) is 9.18 Å². The Kier molecular flexibility index (Phi) is 8.78. The minimum atomic E-state index is -0.628. The first kappa shape index (κ1) is 27.0. The summed E-state index contributed by atoms with van der Waals surface area (Å²) in [5, 5.41) is 0. The topological polar surface area (TPSA) is 63.7 Å². The number of likely N-dealkylation sites (tertiary alicyclic amines) is 1. The summed E-state index contributed by atoms with van der Waals surface area (Å²) in [5.41, 5.74) is 1.35. The Morgan fingerprint density at radius 3 is 2.35 bits per heavy atom. The molecule has 4 rings (SSSR count). The van der Waals surface area contributed by atoms with Gasteiger partial charge in [-0.1, -0.05) is 56.7 Å². The van der Waals surface area contributed by atoms with E-state index in [0.29, 0.717) is 24.8 Å². The van der Waals surface area contributed by atoms with Crippen molar-refractivity contribution in [2.24, 2.45) is 17.8 Å². The lowest BCUT2D eigenvalue weighted by molar-refractivity contribution is -0.142. The molecule has 3 atom stereocenters. The zero-order valence-corrected chi connectivity index (χ0v) is 22.1. The number of benzene rings is 2. The first-order valence-electron chi connectivity index (χ1n) is 13.6. The molecule has 1 aliphatic heterocycles. The van der Waals surface area contributed by atoms with Crippen LogP contribution in [0.25, 0.3) is 0 Å². The lowest BCUT2D eigenvalue weighted by Crippen LogP contribution is -2.46. The molecular formula is C31H38FNO4. The highest BCUT2D eigenvalue weighted by molar-refractivity contribution is 5.93. The minimum absolute atomic E-state index is 0.0544. The van der Waals surface area contributed by atoms with Gasteiger partial charge in [0.15, 0.2) is 5.78 Å². The van der Waals surface area contributed by atoms with Gasteiger partial charge in [-0.15, -0.1) is 0 Å². The first-order chi connectivity index (χ1) is 17.8. The van der Waals surface area contributed by atoms with E-state index in [-0.39, 0.29) is 41.1 Å². The minimum Gasteiger partial charge on any atom is -0.465 e. The second-order valence-electron chi connectivity index (χ2n) is 10.7. The highest BCUT2D eigenvalue weighted by Crippen LogP contribution is 2.40.